The Kier molecular flexibility index (Phi) is 9.15. The predicted octanol–water partition coefficient (Wildman–Crippen LogP) is 6.22. The van der Waals surface area contributed by atoms with Crippen molar-refractivity contribution in [2.45, 2.75) is 49.6 Å². The van der Waals surface area contributed by atoms with Crippen molar-refractivity contribution in [3.63, 3.8) is 0 Å². The minimum absolute atomic E-state index is 0.0173. The number of rotatable bonds is 6. The highest BCUT2D eigenvalue weighted by Gasteiger charge is 2.46. The lowest BCUT2D eigenvalue weighted by atomic mass is 9.74. The minimum atomic E-state index is -0.760. The Bertz CT molecular complexity index is 2460. The third-order valence-corrected chi connectivity index (χ3v) is 13.3. The van der Waals surface area contributed by atoms with Crippen LogP contribution in [0, 0.1) is 0 Å². The Morgan fingerprint density at radius 2 is 1.17 bits per heavy atom. The number of nitrogens with zero attached hydrogens (tertiary/aromatic N) is 2. The quantitative estimate of drug-likeness (QED) is 0.194. The maximum absolute atomic E-state index is 13.9. The van der Waals surface area contributed by atoms with E-state index >= 15 is 0 Å². The monoisotopic (exact) mass is 794 g/mol. The summed E-state index contributed by atoms with van der Waals surface area (Å²) in [5.41, 5.74) is 20.0. The van der Waals surface area contributed by atoms with Crippen molar-refractivity contribution in [2.24, 2.45) is 11.5 Å². The van der Waals surface area contributed by atoms with E-state index in [0.717, 1.165) is 64.9 Å². The van der Waals surface area contributed by atoms with Gasteiger partial charge in [0.05, 0.1) is 18.2 Å². The van der Waals surface area contributed by atoms with E-state index in [9.17, 15) is 9.59 Å². The second-order valence-corrected chi connectivity index (χ2v) is 16.8. The number of carbonyl (C=O) groups is 2. The Balaban J connectivity index is 0.802. The molecule has 294 valence electrons. The van der Waals surface area contributed by atoms with Crippen LogP contribution in [0.25, 0.3) is 11.1 Å². The van der Waals surface area contributed by atoms with Gasteiger partial charge in [-0.25, -0.2) is 0 Å². The molecule has 10 nitrogen and oxygen atoms in total. The van der Waals surface area contributed by atoms with Crippen LogP contribution in [0.5, 0.6) is 23.0 Å². The lowest BCUT2D eigenvalue weighted by Gasteiger charge is -2.38. The van der Waals surface area contributed by atoms with Gasteiger partial charge < -0.3 is 40.0 Å². The molecule has 4 N–H and O–H groups in total. The average molecular weight is 795 g/mol. The third kappa shape index (κ3) is 6.27. The third-order valence-electron chi connectivity index (χ3n) is 13.0. The van der Waals surface area contributed by atoms with Crippen LogP contribution >= 0.6 is 11.6 Å². The fourth-order valence-corrected chi connectivity index (χ4v) is 9.77. The zero-order valence-corrected chi connectivity index (χ0v) is 32.9. The maximum atomic E-state index is 13.9. The summed E-state index contributed by atoms with van der Waals surface area (Å²) in [5, 5.41) is 0.320. The van der Waals surface area contributed by atoms with E-state index in [1.54, 1.807) is 12.1 Å². The number of nitrogens with two attached hydrogens (primary N) is 2. The van der Waals surface area contributed by atoms with Crippen LogP contribution in [0.3, 0.4) is 0 Å². The number of benzene rings is 5. The summed E-state index contributed by atoms with van der Waals surface area (Å²) >= 11 is 6.75. The van der Waals surface area contributed by atoms with Crippen molar-refractivity contribution < 1.29 is 28.4 Å². The molecule has 2 saturated heterocycles. The van der Waals surface area contributed by atoms with Gasteiger partial charge in [0.25, 0.3) is 11.8 Å². The van der Waals surface area contributed by atoms with Crippen molar-refractivity contribution >= 4 is 36.0 Å². The molecular weight excluding hydrogens is 751 g/mol. The summed E-state index contributed by atoms with van der Waals surface area (Å²) in [6.07, 6.45) is 3.28. The number of likely N-dealkylation sites (tertiary alicyclic amines) is 2. The second kappa shape index (κ2) is 14.4. The van der Waals surface area contributed by atoms with Gasteiger partial charge in [-0.2, -0.15) is 0 Å². The number of hydrogen-bond donors (Lipinski definition) is 2. The molecule has 0 atom stereocenters. The van der Waals surface area contributed by atoms with Crippen molar-refractivity contribution in [1.29, 1.82) is 0 Å². The normalized spacial score (nSPS) is 18.2. The molecule has 0 aliphatic carbocycles. The van der Waals surface area contributed by atoms with Crippen LogP contribution in [-0.2, 0) is 23.9 Å². The standard InChI is InChI=1S/C46H44BClN4O6/c48-38-23-34(44(54)52-17-13-46(14-18-52)28-56-40-10-8-30(26-50)20-37(40)46)24-41-42(38)58-47(57-41)35-6-2-4-32(22-35)31-3-1-5-33(21-31)43(53)51-15-11-45(12-16-51)27-55-39-9-7-29(25-49)19-36(39)45/h1-10,19-24H,11-18,25-28,49-50H2. The number of fused-ring (bicyclic) bond motifs is 5. The molecule has 0 bridgehead atoms. The molecule has 2 amide bonds. The van der Waals surface area contributed by atoms with Gasteiger partial charge in [0.1, 0.15) is 17.2 Å². The molecule has 5 aromatic rings. The minimum Gasteiger partial charge on any atom is -0.519 e. The number of hydrogen-bond acceptors (Lipinski definition) is 8. The largest absolute Gasteiger partial charge is 0.632 e. The van der Waals surface area contributed by atoms with E-state index in [1.807, 2.05) is 82.6 Å². The Labute approximate surface area is 343 Å². The number of amides is 2. The van der Waals surface area contributed by atoms with E-state index in [-0.39, 0.29) is 22.6 Å². The van der Waals surface area contributed by atoms with E-state index in [2.05, 4.69) is 12.1 Å². The maximum Gasteiger partial charge on any atom is 0.632 e. The number of carbonyl (C=O) groups excluding carboxylic acids is 2. The van der Waals surface area contributed by atoms with Crippen molar-refractivity contribution in [1.82, 2.24) is 9.80 Å². The number of ether oxygens (including phenoxy) is 2. The van der Waals surface area contributed by atoms with E-state index in [1.165, 1.54) is 11.1 Å². The fraction of sp³-hybridized carbons (Fsp3) is 0.304. The predicted molar refractivity (Wildman–Crippen MR) is 223 cm³/mol. The average Bonchev–Trinajstić information content (AvgIpc) is 3.98. The lowest BCUT2D eigenvalue weighted by Crippen LogP contribution is -2.46. The summed E-state index contributed by atoms with van der Waals surface area (Å²) in [6, 6.07) is 31.5. The Morgan fingerprint density at radius 1 is 0.621 bits per heavy atom. The molecule has 0 saturated carbocycles. The molecule has 2 spiro atoms. The highest BCUT2D eigenvalue weighted by Crippen LogP contribution is 2.48. The van der Waals surface area contributed by atoms with E-state index in [0.29, 0.717) is 80.1 Å². The molecule has 58 heavy (non-hydrogen) atoms. The van der Waals surface area contributed by atoms with Gasteiger partial charge in [0, 0.05) is 77.8 Å². The first-order valence-corrected chi connectivity index (χ1v) is 20.5. The summed E-state index contributed by atoms with van der Waals surface area (Å²) in [5.74, 6) is 2.60. The Hall–Kier alpha value is -5.49. The molecule has 5 aromatic carbocycles. The van der Waals surface area contributed by atoms with Crippen molar-refractivity contribution in [3.05, 3.63) is 135 Å². The highest BCUT2D eigenvalue weighted by molar-refractivity contribution is 6.64. The first-order valence-electron chi connectivity index (χ1n) is 20.1. The topological polar surface area (TPSA) is 130 Å². The fourth-order valence-electron chi connectivity index (χ4n) is 9.52. The van der Waals surface area contributed by atoms with Crippen molar-refractivity contribution in [3.8, 4) is 34.1 Å². The first kappa shape index (κ1) is 36.8. The molecule has 0 unspecified atom stereocenters. The Morgan fingerprint density at radius 3 is 1.76 bits per heavy atom. The SMILES string of the molecule is NCc1ccc2c(c1)C1(CCN(C(=O)c3cccc(-c4cccc(B5Oc6cc(C(=O)N7CCC8(CC7)COc7ccc(CN)cc78)cc(Cl)c6O5)c4)c3)CC1)CO2. The van der Waals surface area contributed by atoms with Crippen LogP contribution in [0.4, 0.5) is 0 Å². The van der Waals surface area contributed by atoms with Crippen LogP contribution in [-0.4, -0.2) is 68.1 Å². The van der Waals surface area contributed by atoms with Gasteiger partial charge in [0.15, 0.2) is 5.75 Å². The van der Waals surface area contributed by atoms with E-state index < -0.39 is 7.12 Å². The zero-order chi connectivity index (χ0) is 39.6. The zero-order valence-electron chi connectivity index (χ0n) is 32.2. The summed E-state index contributed by atoms with van der Waals surface area (Å²) in [4.78, 5) is 31.5. The lowest BCUT2D eigenvalue weighted by molar-refractivity contribution is 0.0639. The second-order valence-electron chi connectivity index (χ2n) is 16.4. The molecule has 0 radical (unpaired) electrons. The summed E-state index contributed by atoms with van der Waals surface area (Å²) in [6.45, 7) is 4.73. The van der Waals surface area contributed by atoms with Crippen LogP contribution < -0.4 is 35.7 Å². The van der Waals surface area contributed by atoms with Gasteiger partial charge in [0.2, 0.25) is 0 Å². The first-order chi connectivity index (χ1) is 28.2. The molecule has 12 heteroatoms. The van der Waals surface area contributed by atoms with Gasteiger partial charge in [-0.1, -0.05) is 72.3 Å². The van der Waals surface area contributed by atoms with Crippen LogP contribution in [0.2, 0.25) is 5.02 Å². The van der Waals surface area contributed by atoms with E-state index in [4.69, 9.17) is 41.9 Å². The molecular formula is C46H44BClN4O6. The van der Waals surface area contributed by atoms with Crippen LogP contribution in [0.1, 0.15) is 68.7 Å². The number of halogens is 1. The highest BCUT2D eigenvalue weighted by atomic mass is 35.5. The molecule has 2 fully saturated rings. The molecule has 0 aromatic heterocycles. The van der Waals surface area contributed by atoms with Crippen molar-refractivity contribution in [2.75, 3.05) is 39.4 Å². The molecule has 5 aliphatic heterocycles. The van der Waals surface area contributed by atoms with Crippen LogP contribution in [0.15, 0.2) is 97.1 Å². The van der Waals surface area contributed by atoms with Gasteiger partial charge in [-0.15, -0.1) is 0 Å². The van der Waals surface area contributed by atoms with Gasteiger partial charge in [-0.3, -0.25) is 9.59 Å². The van der Waals surface area contributed by atoms with Gasteiger partial charge >= 0.3 is 7.12 Å². The molecule has 5 aliphatic rings. The van der Waals surface area contributed by atoms with Gasteiger partial charge in [-0.05, 0) is 84.3 Å². The smallest absolute Gasteiger partial charge is 0.519 e. The molecule has 5 heterocycles. The summed E-state index contributed by atoms with van der Waals surface area (Å²) in [7, 11) is -0.760. The summed E-state index contributed by atoms with van der Waals surface area (Å²) < 4.78 is 24.7. The molecule has 10 rings (SSSR count). The number of piperidine rings is 2.